The zero-order valence-electron chi connectivity index (χ0n) is 10.8. The molecule has 0 radical (unpaired) electrons. The summed E-state index contributed by atoms with van der Waals surface area (Å²) in [5.41, 5.74) is 8.28. The van der Waals surface area contributed by atoms with Crippen LogP contribution in [-0.4, -0.2) is 36.1 Å². The van der Waals surface area contributed by atoms with Crippen molar-refractivity contribution in [1.82, 2.24) is 9.88 Å². The van der Waals surface area contributed by atoms with Crippen molar-refractivity contribution in [2.45, 2.75) is 19.4 Å². The highest BCUT2D eigenvalue weighted by Crippen LogP contribution is 2.12. The van der Waals surface area contributed by atoms with E-state index in [1.54, 1.807) is 0 Å². The van der Waals surface area contributed by atoms with Crippen molar-refractivity contribution in [2.24, 2.45) is 5.73 Å². The lowest BCUT2D eigenvalue weighted by Crippen LogP contribution is -2.34. The van der Waals surface area contributed by atoms with Crippen molar-refractivity contribution in [2.75, 3.05) is 20.1 Å². The van der Waals surface area contributed by atoms with Gasteiger partial charge >= 0.3 is 5.76 Å². The number of oxazole rings is 1. The predicted molar refractivity (Wildman–Crippen MR) is 71.7 cm³/mol. The number of rotatable bonds is 5. The average Bonchev–Trinajstić information content (AvgIpc) is 2.64. The van der Waals surface area contributed by atoms with Crippen LogP contribution in [0.25, 0.3) is 11.1 Å². The van der Waals surface area contributed by atoms with Gasteiger partial charge in [-0.2, -0.15) is 0 Å². The molecule has 0 amide bonds. The van der Waals surface area contributed by atoms with Crippen molar-refractivity contribution in [3.63, 3.8) is 0 Å². The van der Waals surface area contributed by atoms with E-state index in [9.17, 15) is 4.79 Å². The molecule has 0 spiro atoms. The third-order valence-electron chi connectivity index (χ3n) is 2.87. The molecule has 5 heteroatoms. The minimum atomic E-state index is -0.406. The SMILES string of the molecule is CC(N)CN(C)CCc1ccc2oc(=O)[nH]c2c1. The molecule has 0 aliphatic rings. The number of hydrogen-bond donors (Lipinski definition) is 2. The fourth-order valence-electron chi connectivity index (χ4n) is 2.06. The molecular formula is C13H19N3O2. The molecule has 2 rings (SSSR count). The highest BCUT2D eigenvalue weighted by atomic mass is 16.4. The molecule has 0 fully saturated rings. The highest BCUT2D eigenvalue weighted by Gasteiger charge is 2.05. The van der Waals surface area contributed by atoms with Crippen molar-refractivity contribution in [3.05, 3.63) is 34.3 Å². The summed E-state index contributed by atoms with van der Waals surface area (Å²) in [7, 11) is 2.06. The molecule has 2 aromatic rings. The molecule has 0 saturated carbocycles. The third kappa shape index (κ3) is 3.21. The quantitative estimate of drug-likeness (QED) is 0.827. The second-order valence-corrected chi connectivity index (χ2v) is 4.83. The van der Waals surface area contributed by atoms with Crippen LogP contribution < -0.4 is 11.5 Å². The lowest BCUT2D eigenvalue weighted by molar-refractivity contribution is 0.321. The minimum Gasteiger partial charge on any atom is -0.408 e. The van der Waals surface area contributed by atoms with Crippen LogP contribution in [0, 0.1) is 0 Å². The van der Waals surface area contributed by atoms with Crippen LogP contribution in [0.5, 0.6) is 0 Å². The summed E-state index contributed by atoms with van der Waals surface area (Å²) in [6, 6.07) is 5.95. The lowest BCUT2D eigenvalue weighted by atomic mass is 10.1. The zero-order valence-corrected chi connectivity index (χ0v) is 10.8. The van der Waals surface area contributed by atoms with Crippen LogP contribution in [0.4, 0.5) is 0 Å². The number of H-pyrrole nitrogens is 1. The zero-order chi connectivity index (χ0) is 13.1. The van der Waals surface area contributed by atoms with Gasteiger partial charge in [0.1, 0.15) is 0 Å². The van der Waals surface area contributed by atoms with Gasteiger partial charge in [0, 0.05) is 19.1 Å². The first-order chi connectivity index (χ1) is 8.54. The second-order valence-electron chi connectivity index (χ2n) is 4.83. The molecule has 18 heavy (non-hydrogen) atoms. The average molecular weight is 249 g/mol. The van der Waals surface area contributed by atoms with Gasteiger partial charge in [0.15, 0.2) is 5.58 Å². The van der Waals surface area contributed by atoms with Crippen LogP contribution >= 0.6 is 0 Å². The fraction of sp³-hybridized carbons (Fsp3) is 0.462. The van der Waals surface area contributed by atoms with Crippen LogP contribution in [0.15, 0.2) is 27.4 Å². The Kier molecular flexibility index (Phi) is 3.84. The van der Waals surface area contributed by atoms with Gasteiger partial charge in [-0.1, -0.05) is 6.07 Å². The van der Waals surface area contributed by atoms with E-state index in [1.165, 1.54) is 5.56 Å². The fourth-order valence-corrected chi connectivity index (χ4v) is 2.06. The van der Waals surface area contributed by atoms with E-state index in [0.717, 1.165) is 25.0 Å². The first-order valence-corrected chi connectivity index (χ1v) is 6.10. The summed E-state index contributed by atoms with van der Waals surface area (Å²) in [4.78, 5) is 15.9. The van der Waals surface area contributed by atoms with Crippen molar-refractivity contribution < 1.29 is 4.42 Å². The first kappa shape index (κ1) is 12.9. The van der Waals surface area contributed by atoms with Gasteiger partial charge in [-0.25, -0.2) is 4.79 Å². The molecule has 0 saturated heterocycles. The number of nitrogens with one attached hydrogen (secondary N) is 1. The Hall–Kier alpha value is -1.59. The van der Waals surface area contributed by atoms with Crippen molar-refractivity contribution in [1.29, 1.82) is 0 Å². The number of likely N-dealkylation sites (N-methyl/N-ethyl adjacent to an activating group) is 1. The number of nitrogens with two attached hydrogens (primary N) is 1. The lowest BCUT2D eigenvalue weighted by Gasteiger charge is -2.18. The maximum atomic E-state index is 11.0. The Bertz CT molecular complexity index is 571. The normalized spacial score (nSPS) is 13.3. The van der Waals surface area contributed by atoms with Gasteiger partial charge < -0.3 is 15.1 Å². The maximum absolute atomic E-state index is 11.0. The van der Waals surface area contributed by atoms with Gasteiger partial charge in [-0.05, 0) is 38.1 Å². The molecule has 0 aliphatic heterocycles. The Morgan fingerprint density at radius 1 is 1.50 bits per heavy atom. The number of hydrogen-bond acceptors (Lipinski definition) is 4. The van der Waals surface area contributed by atoms with Gasteiger partial charge in [0.25, 0.3) is 0 Å². The number of benzene rings is 1. The topological polar surface area (TPSA) is 75.3 Å². The standard InChI is InChI=1S/C13H19N3O2/c1-9(14)8-16(2)6-5-10-3-4-12-11(7-10)15-13(17)18-12/h3-4,7,9H,5-6,8,14H2,1-2H3,(H,15,17). The molecule has 1 unspecified atom stereocenters. The van der Waals surface area contributed by atoms with Crippen molar-refractivity contribution >= 4 is 11.1 Å². The first-order valence-electron chi connectivity index (χ1n) is 6.10. The van der Waals surface area contributed by atoms with Crippen LogP contribution in [-0.2, 0) is 6.42 Å². The monoisotopic (exact) mass is 249 g/mol. The Labute approximate surface area is 106 Å². The second kappa shape index (κ2) is 5.37. The van der Waals surface area contributed by atoms with Gasteiger partial charge in [-0.3, -0.25) is 4.98 Å². The molecule has 98 valence electrons. The summed E-state index contributed by atoms with van der Waals surface area (Å²) in [5, 5.41) is 0. The molecule has 0 bridgehead atoms. The number of aromatic amines is 1. The van der Waals surface area contributed by atoms with E-state index in [0.29, 0.717) is 5.58 Å². The smallest absolute Gasteiger partial charge is 0.408 e. The Balaban J connectivity index is 2.01. The third-order valence-corrected chi connectivity index (χ3v) is 2.87. The van der Waals surface area contributed by atoms with Crippen molar-refractivity contribution in [3.8, 4) is 0 Å². The molecule has 3 N–H and O–H groups in total. The molecular weight excluding hydrogens is 230 g/mol. The summed E-state index contributed by atoms with van der Waals surface area (Å²) in [6.07, 6.45) is 0.923. The summed E-state index contributed by atoms with van der Waals surface area (Å²) in [6.45, 7) is 3.82. The summed E-state index contributed by atoms with van der Waals surface area (Å²) < 4.78 is 4.96. The van der Waals surface area contributed by atoms with Gasteiger partial charge in [0.2, 0.25) is 0 Å². The van der Waals surface area contributed by atoms with Crippen LogP contribution in [0.3, 0.4) is 0 Å². The van der Waals surface area contributed by atoms with Crippen LogP contribution in [0.1, 0.15) is 12.5 Å². The molecule has 1 aromatic heterocycles. The van der Waals surface area contributed by atoms with Gasteiger partial charge in [0.05, 0.1) is 5.52 Å². The predicted octanol–water partition coefficient (Wildman–Crippen LogP) is 0.943. The molecule has 1 heterocycles. The summed E-state index contributed by atoms with van der Waals surface area (Å²) in [5.74, 6) is -0.406. The highest BCUT2D eigenvalue weighted by molar-refractivity contribution is 5.72. The van der Waals surface area contributed by atoms with Crippen LogP contribution in [0.2, 0.25) is 0 Å². The molecule has 1 atom stereocenters. The van der Waals surface area contributed by atoms with E-state index in [2.05, 4.69) is 16.9 Å². The molecule has 0 aliphatic carbocycles. The maximum Gasteiger partial charge on any atom is 0.417 e. The number of nitrogens with zero attached hydrogens (tertiary/aromatic N) is 1. The van der Waals surface area contributed by atoms with E-state index in [-0.39, 0.29) is 6.04 Å². The van der Waals surface area contributed by atoms with Gasteiger partial charge in [-0.15, -0.1) is 0 Å². The number of aromatic nitrogens is 1. The molecule has 1 aromatic carbocycles. The Morgan fingerprint density at radius 2 is 2.28 bits per heavy atom. The Morgan fingerprint density at radius 3 is 3.00 bits per heavy atom. The van der Waals surface area contributed by atoms with E-state index >= 15 is 0 Å². The van der Waals surface area contributed by atoms with E-state index in [4.69, 9.17) is 10.2 Å². The van der Waals surface area contributed by atoms with E-state index < -0.39 is 5.76 Å². The largest absolute Gasteiger partial charge is 0.417 e. The summed E-state index contributed by atoms with van der Waals surface area (Å²) >= 11 is 0. The van der Waals surface area contributed by atoms with E-state index in [1.807, 2.05) is 25.1 Å². The number of fused-ring (bicyclic) bond motifs is 1. The minimum absolute atomic E-state index is 0.183. The molecule has 5 nitrogen and oxygen atoms in total.